The summed E-state index contributed by atoms with van der Waals surface area (Å²) < 4.78 is 11.6. The van der Waals surface area contributed by atoms with E-state index < -0.39 is 0 Å². The molecular weight excluding hydrogens is 432 g/mol. The van der Waals surface area contributed by atoms with E-state index in [1.165, 1.54) is 55.2 Å². The Bertz CT molecular complexity index is 953. The molecule has 0 unspecified atom stereocenters. The van der Waals surface area contributed by atoms with Gasteiger partial charge in [0.2, 0.25) is 0 Å². The molecule has 188 valence electrons. The zero-order chi connectivity index (χ0) is 24.7. The molecule has 0 aliphatic heterocycles. The molecule has 0 saturated carbocycles. The van der Waals surface area contributed by atoms with Gasteiger partial charge in [-0.2, -0.15) is 0 Å². The van der Waals surface area contributed by atoms with Crippen LogP contribution in [0.3, 0.4) is 0 Å². The van der Waals surface area contributed by atoms with Gasteiger partial charge < -0.3 is 9.47 Å². The highest BCUT2D eigenvalue weighted by molar-refractivity contribution is 5.67. The standard InChI is InChI=1S/C31H42N2O2/c1-4-6-7-8-9-10-20-35-30-22-32-31(33-23-30)29-17-15-28(16-18-29)27-13-11-26(12-14-27)19-21-34-24-25(3)5-2/h11-18,22-23,25H,4-10,19-21,24H2,1-3H3/t25-/m1/s1. The van der Waals surface area contributed by atoms with Crippen LogP contribution in [0.15, 0.2) is 60.9 Å². The molecular formula is C31H42N2O2. The molecule has 0 aliphatic rings. The Labute approximate surface area is 212 Å². The molecule has 0 spiro atoms. The van der Waals surface area contributed by atoms with E-state index in [9.17, 15) is 0 Å². The van der Waals surface area contributed by atoms with Crippen LogP contribution in [0.1, 0.15) is 71.3 Å². The van der Waals surface area contributed by atoms with Gasteiger partial charge in [-0.15, -0.1) is 0 Å². The highest BCUT2D eigenvalue weighted by atomic mass is 16.5. The van der Waals surface area contributed by atoms with Crippen molar-refractivity contribution in [3.8, 4) is 28.3 Å². The SMILES string of the molecule is CCCCCCCCOc1cnc(-c2ccc(-c3ccc(CCOC[C@H](C)CC)cc3)cc2)nc1. The van der Waals surface area contributed by atoms with Gasteiger partial charge >= 0.3 is 0 Å². The molecule has 1 aromatic heterocycles. The van der Waals surface area contributed by atoms with E-state index in [0.717, 1.165) is 49.8 Å². The van der Waals surface area contributed by atoms with Gasteiger partial charge in [0.1, 0.15) is 0 Å². The summed E-state index contributed by atoms with van der Waals surface area (Å²) in [6.07, 6.45) is 13.2. The minimum absolute atomic E-state index is 0.631. The summed E-state index contributed by atoms with van der Waals surface area (Å²) in [5, 5.41) is 0. The first-order valence-electron chi connectivity index (χ1n) is 13.4. The van der Waals surface area contributed by atoms with E-state index in [1.807, 2.05) is 0 Å². The quantitative estimate of drug-likeness (QED) is 0.196. The lowest BCUT2D eigenvalue weighted by Crippen LogP contribution is -2.07. The summed E-state index contributed by atoms with van der Waals surface area (Å²) in [7, 11) is 0. The van der Waals surface area contributed by atoms with Crippen LogP contribution in [-0.2, 0) is 11.2 Å². The maximum atomic E-state index is 5.80. The number of aromatic nitrogens is 2. The molecule has 3 aromatic rings. The van der Waals surface area contributed by atoms with Crippen molar-refractivity contribution in [2.24, 2.45) is 5.92 Å². The third-order valence-corrected chi connectivity index (χ3v) is 6.46. The van der Waals surface area contributed by atoms with Gasteiger partial charge in [-0.3, -0.25) is 0 Å². The molecule has 0 radical (unpaired) electrons. The topological polar surface area (TPSA) is 44.2 Å². The minimum atomic E-state index is 0.631. The van der Waals surface area contributed by atoms with Crippen molar-refractivity contribution in [3.05, 3.63) is 66.5 Å². The van der Waals surface area contributed by atoms with Crippen LogP contribution in [0.25, 0.3) is 22.5 Å². The van der Waals surface area contributed by atoms with Gasteiger partial charge in [0.15, 0.2) is 11.6 Å². The molecule has 1 heterocycles. The summed E-state index contributed by atoms with van der Waals surface area (Å²) in [5.41, 5.74) is 4.71. The molecule has 0 bridgehead atoms. The van der Waals surface area contributed by atoms with E-state index in [1.54, 1.807) is 12.4 Å². The first-order chi connectivity index (χ1) is 17.2. The Hall–Kier alpha value is -2.72. The zero-order valence-corrected chi connectivity index (χ0v) is 21.8. The van der Waals surface area contributed by atoms with Crippen molar-refractivity contribution in [3.63, 3.8) is 0 Å². The lowest BCUT2D eigenvalue weighted by atomic mass is 10.0. The van der Waals surface area contributed by atoms with E-state index in [0.29, 0.717) is 5.92 Å². The largest absolute Gasteiger partial charge is 0.490 e. The van der Waals surface area contributed by atoms with Gasteiger partial charge in [-0.25, -0.2) is 9.97 Å². The molecule has 4 nitrogen and oxygen atoms in total. The van der Waals surface area contributed by atoms with E-state index in [2.05, 4.69) is 79.3 Å². The number of hydrogen-bond acceptors (Lipinski definition) is 4. The van der Waals surface area contributed by atoms with E-state index in [-0.39, 0.29) is 0 Å². The van der Waals surface area contributed by atoms with Crippen molar-refractivity contribution in [1.82, 2.24) is 9.97 Å². The van der Waals surface area contributed by atoms with Crippen LogP contribution in [-0.4, -0.2) is 29.8 Å². The van der Waals surface area contributed by atoms with Crippen LogP contribution >= 0.6 is 0 Å². The summed E-state index contributed by atoms with van der Waals surface area (Å²) >= 11 is 0. The lowest BCUT2D eigenvalue weighted by molar-refractivity contribution is 0.106. The van der Waals surface area contributed by atoms with Crippen LogP contribution in [0, 0.1) is 5.92 Å². The number of rotatable bonds is 16. The summed E-state index contributed by atoms with van der Waals surface area (Å²) in [6.45, 7) is 9.03. The number of unbranched alkanes of at least 4 members (excludes halogenated alkanes) is 5. The Morgan fingerprint density at radius 3 is 1.97 bits per heavy atom. The number of ether oxygens (including phenoxy) is 2. The van der Waals surface area contributed by atoms with Gasteiger partial charge in [-0.1, -0.05) is 108 Å². The Balaban J connectivity index is 1.45. The molecule has 0 saturated heterocycles. The molecule has 35 heavy (non-hydrogen) atoms. The van der Waals surface area contributed by atoms with Crippen molar-refractivity contribution >= 4 is 0 Å². The van der Waals surface area contributed by atoms with Crippen LogP contribution in [0.5, 0.6) is 5.75 Å². The smallest absolute Gasteiger partial charge is 0.159 e. The average molecular weight is 475 g/mol. The van der Waals surface area contributed by atoms with Gasteiger partial charge in [0, 0.05) is 12.2 Å². The van der Waals surface area contributed by atoms with Crippen LogP contribution in [0.2, 0.25) is 0 Å². The second-order valence-corrected chi connectivity index (χ2v) is 9.47. The fraction of sp³-hybridized carbons (Fsp3) is 0.484. The normalized spacial score (nSPS) is 12.0. The van der Waals surface area contributed by atoms with E-state index in [4.69, 9.17) is 9.47 Å². The molecule has 3 rings (SSSR count). The van der Waals surface area contributed by atoms with Crippen molar-refractivity contribution in [2.45, 2.75) is 72.1 Å². The predicted octanol–water partition coefficient (Wildman–Crippen LogP) is 8.16. The molecule has 0 amide bonds. The fourth-order valence-electron chi connectivity index (χ4n) is 3.88. The third kappa shape index (κ3) is 9.45. The summed E-state index contributed by atoms with van der Waals surface area (Å²) in [5.74, 6) is 2.09. The van der Waals surface area contributed by atoms with Gasteiger partial charge in [0.25, 0.3) is 0 Å². The van der Waals surface area contributed by atoms with Crippen LogP contribution in [0.4, 0.5) is 0 Å². The molecule has 1 atom stereocenters. The first-order valence-corrected chi connectivity index (χ1v) is 13.4. The zero-order valence-electron chi connectivity index (χ0n) is 21.8. The second kappa shape index (κ2) is 15.3. The molecule has 0 aliphatic carbocycles. The highest BCUT2D eigenvalue weighted by Crippen LogP contribution is 2.24. The Morgan fingerprint density at radius 2 is 1.31 bits per heavy atom. The van der Waals surface area contributed by atoms with Crippen LogP contribution < -0.4 is 4.74 Å². The summed E-state index contributed by atoms with van der Waals surface area (Å²) in [6, 6.07) is 17.2. The lowest BCUT2D eigenvalue weighted by Gasteiger charge is -2.10. The predicted molar refractivity (Wildman–Crippen MR) is 146 cm³/mol. The number of nitrogens with zero attached hydrogens (tertiary/aromatic N) is 2. The monoisotopic (exact) mass is 474 g/mol. The Kier molecular flexibility index (Phi) is 11.8. The molecule has 4 heteroatoms. The summed E-state index contributed by atoms with van der Waals surface area (Å²) in [4.78, 5) is 9.01. The minimum Gasteiger partial charge on any atom is -0.490 e. The first kappa shape index (κ1) is 26.9. The second-order valence-electron chi connectivity index (χ2n) is 9.47. The van der Waals surface area contributed by atoms with Crippen molar-refractivity contribution < 1.29 is 9.47 Å². The Morgan fingerprint density at radius 1 is 0.714 bits per heavy atom. The maximum Gasteiger partial charge on any atom is 0.159 e. The van der Waals surface area contributed by atoms with Gasteiger partial charge in [0.05, 0.1) is 25.6 Å². The third-order valence-electron chi connectivity index (χ3n) is 6.46. The molecule has 2 aromatic carbocycles. The molecule has 0 fully saturated rings. The fourth-order valence-corrected chi connectivity index (χ4v) is 3.88. The van der Waals surface area contributed by atoms with Crippen molar-refractivity contribution in [2.75, 3.05) is 19.8 Å². The molecule has 0 N–H and O–H groups in total. The van der Waals surface area contributed by atoms with E-state index >= 15 is 0 Å². The van der Waals surface area contributed by atoms with Crippen molar-refractivity contribution in [1.29, 1.82) is 0 Å². The number of benzene rings is 2. The van der Waals surface area contributed by atoms with Gasteiger partial charge in [-0.05, 0) is 35.4 Å². The number of hydrogen-bond donors (Lipinski definition) is 0. The average Bonchev–Trinajstić information content (AvgIpc) is 2.91. The highest BCUT2D eigenvalue weighted by Gasteiger charge is 2.05. The maximum absolute atomic E-state index is 5.80.